The van der Waals surface area contributed by atoms with Crippen molar-refractivity contribution in [2.75, 3.05) is 11.4 Å². The van der Waals surface area contributed by atoms with Crippen LogP contribution in [0.5, 0.6) is 0 Å². The highest BCUT2D eigenvalue weighted by atomic mass is 19.1. The van der Waals surface area contributed by atoms with Crippen LogP contribution in [0, 0.1) is 11.6 Å². The molecule has 24 heavy (non-hydrogen) atoms. The van der Waals surface area contributed by atoms with Crippen molar-refractivity contribution in [3.05, 3.63) is 39.7 Å². The zero-order valence-corrected chi connectivity index (χ0v) is 13.2. The van der Waals surface area contributed by atoms with Crippen LogP contribution in [0.2, 0.25) is 0 Å². The van der Waals surface area contributed by atoms with Crippen LogP contribution in [0.3, 0.4) is 0 Å². The zero-order valence-electron chi connectivity index (χ0n) is 13.2. The number of carbonyl (C=O) groups is 1. The maximum absolute atomic E-state index is 15.0. The Kier molecular flexibility index (Phi) is 3.79. The number of pyridine rings is 1. The number of anilines is 1. The maximum Gasteiger partial charge on any atom is 0.341 e. The van der Waals surface area contributed by atoms with Crippen molar-refractivity contribution in [3.8, 4) is 0 Å². The number of halogens is 2. The SMILES string of the molecule is CCn1cc(C(=O)O)c(=O)c2cc(F)c(N3C[C@H](N)[C@H]3C)c(F)c21. The molecule has 128 valence electrons. The molecule has 0 bridgehead atoms. The molecule has 0 radical (unpaired) electrons. The van der Waals surface area contributed by atoms with E-state index in [0.717, 1.165) is 12.3 Å². The third-order valence-corrected chi connectivity index (χ3v) is 4.61. The number of benzene rings is 1. The quantitative estimate of drug-likeness (QED) is 0.887. The van der Waals surface area contributed by atoms with Gasteiger partial charge >= 0.3 is 5.97 Å². The molecule has 1 aliphatic rings. The van der Waals surface area contributed by atoms with E-state index in [1.54, 1.807) is 13.8 Å². The molecule has 0 spiro atoms. The van der Waals surface area contributed by atoms with Gasteiger partial charge in [0, 0.05) is 31.4 Å². The van der Waals surface area contributed by atoms with E-state index in [9.17, 15) is 14.0 Å². The fourth-order valence-electron chi connectivity index (χ4n) is 3.08. The third-order valence-electron chi connectivity index (χ3n) is 4.61. The van der Waals surface area contributed by atoms with Gasteiger partial charge in [-0.2, -0.15) is 0 Å². The molecule has 1 fully saturated rings. The first-order valence-electron chi connectivity index (χ1n) is 7.58. The van der Waals surface area contributed by atoms with E-state index in [1.165, 1.54) is 9.47 Å². The van der Waals surface area contributed by atoms with Gasteiger partial charge in [0.2, 0.25) is 5.43 Å². The Bertz CT molecular complexity index is 910. The molecule has 2 heterocycles. The number of nitrogens with two attached hydrogens (primary N) is 1. The number of carboxylic acids is 1. The van der Waals surface area contributed by atoms with Crippen LogP contribution in [-0.2, 0) is 6.54 Å². The molecule has 3 N–H and O–H groups in total. The highest BCUT2D eigenvalue weighted by Crippen LogP contribution is 2.34. The number of aryl methyl sites for hydroxylation is 1. The molecule has 1 aliphatic heterocycles. The average Bonchev–Trinajstić information content (AvgIpc) is 2.54. The lowest BCUT2D eigenvalue weighted by molar-refractivity contribution is 0.0695. The van der Waals surface area contributed by atoms with Gasteiger partial charge in [-0.3, -0.25) is 4.79 Å². The van der Waals surface area contributed by atoms with Gasteiger partial charge in [0.1, 0.15) is 17.1 Å². The van der Waals surface area contributed by atoms with Crippen LogP contribution < -0.4 is 16.1 Å². The smallest absolute Gasteiger partial charge is 0.341 e. The normalized spacial score (nSPS) is 20.3. The van der Waals surface area contributed by atoms with Crippen molar-refractivity contribution in [2.24, 2.45) is 5.73 Å². The standard InChI is InChI=1S/C16H17F2N3O3/c1-3-20-5-9(16(23)24)15(22)8-4-10(17)14(12(18)13(8)20)21-6-11(19)7(21)2/h4-5,7,11H,3,6,19H2,1-2H3,(H,23,24)/t7-,11+/m1/s1. The van der Waals surface area contributed by atoms with E-state index >= 15 is 4.39 Å². The molecule has 2 aromatic rings. The molecular weight excluding hydrogens is 320 g/mol. The van der Waals surface area contributed by atoms with Crippen LogP contribution in [0.4, 0.5) is 14.5 Å². The number of nitrogens with zero attached hydrogens (tertiary/aromatic N) is 2. The number of hydrogen-bond donors (Lipinski definition) is 2. The first kappa shape index (κ1) is 16.4. The van der Waals surface area contributed by atoms with E-state index in [1.807, 2.05) is 0 Å². The van der Waals surface area contributed by atoms with Gasteiger partial charge in [0.15, 0.2) is 5.82 Å². The van der Waals surface area contributed by atoms with Gasteiger partial charge in [-0.25, -0.2) is 13.6 Å². The molecule has 0 saturated carbocycles. The average molecular weight is 337 g/mol. The lowest BCUT2D eigenvalue weighted by Crippen LogP contribution is -2.63. The summed E-state index contributed by atoms with van der Waals surface area (Å²) in [6.07, 6.45) is 1.09. The Hall–Kier alpha value is -2.48. The van der Waals surface area contributed by atoms with E-state index in [2.05, 4.69) is 0 Å². The lowest BCUT2D eigenvalue weighted by atomic mass is 9.97. The van der Waals surface area contributed by atoms with Crippen LogP contribution in [-0.4, -0.2) is 34.3 Å². The Balaban J connectivity index is 2.35. The minimum absolute atomic E-state index is 0.100. The topological polar surface area (TPSA) is 88.6 Å². The van der Waals surface area contributed by atoms with Crippen LogP contribution >= 0.6 is 0 Å². The largest absolute Gasteiger partial charge is 0.477 e. The van der Waals surface area contributed by atoms with Crippen LogP contribution in [0.25, 0.3) is 10.9 Å². The summed E-state index contributed by atoms with van der Waals surface area (Å²) in [5, 5.41) is 8.83. The van der Waals surface area contributed by atoms with Crippen molar-refractivity contribution in [2.45, 2.75) is 32.5 Å². The zero-order chi connectivity index (χ0) is 17.8. The van der Waals surface area contributed by atoms with Gasteiger partial charge < -0.3 is 20.3 Å². The Morgan fingerprint density at radius 1 is 1.46 bits per heavy atom. The highest BCUT2D eigenvalue weighted by Gasteiger charge is 2.37. The molecule has 3 rings (SSSR count). The van der Waals surface area contributed by atoms with Gasteiger partial charge in [-0.05, 0) is 19.9 Å². The summed E-state index contributed by atoms with van der Waals surface area (Å²) in [6, 6.07) is 0.499. The van der Waals surface area contributed by atoms with Crippen molar-refractivity contribution >= 4 is 22.6 Å². The second-order valence-corrected chi connectivity index (χ2v) is 5.94. The predicted octanol–water partition coefficient (Wildman–Crippen LogP) is 1.53. The van der Waals surface area contributed by atoms with Crippen molar-refractivity contribution in [1.29, 1.82) is 0 Å². The minimum Gasteiger partial charge on any atom is -0.477 e. The van der Waals surface area contributed by atoms with Crippen LogP contribution in [0.1, 0.15) is 24.2 Å². The summed E-state index contributed by atoms with van der Waals surface area (Å²) in [4.78, 5) is 25.0. The van der Waals surface area contributed by atoms with E-state index in [4.69, 9.17) is 10.8 Å². The number of aromatic nitrogens is 1. The number of fused-ring (bicyclic) bond motifs is 1. The Morgan fingerprint density at radius 2 is 2.12 bits per heavy atom. The molecule has 2 atom stereocenters. The van der Waals surface area contributed by atoms with Gasteiger partial charge in [-0.15, -0.1) is 0 Å². The lowest BCUT2D eigenvalue weighted by Gasteiger charge is -2.46. The van der Waals surface area contributed by atoms with E-state index < -0.39 is 28.6 Å². The van der Waals surface area contributed by atoms with Gasteiger partial charge in [-0.1, -0.05) is 0 Å². The van der Waals surface area contributed by atoms with Crippen molar-refractivity contribution < 1.29 is 18.7 Å². The first-order chi connectivity index (χ1) is 11.3. The first-order valence-corrected chi connectivity index (χ1v) is 7.58. The number of rotatable bonds is 3. The number of aromatic carboxylic acids is 1. The second-order valence-electron chi connectivity index (χ2n) is 5.94. The summed E-state index contributed by atoms with van der Waals surface area (Å²) >= 11 is 0. The van der Waals surface area contributed by atoms with Gasteiger partial charge in [0.05, 0.1) is 10.9 Å². The van der Waals surface area contributed by atoms with Crippen molar-refractivity contribution in [3.63, 3.8) is 0 Å². The molecule has 0 amide bonds. The molecule has 0 aliphatic carbocycles. The number of hydrogen-bond acceptors (Lipinski definition) is 4. The molecule has 1 aromatic carbocycles. The van der Waals surface area contributed by atoms with E-state index in [0.29, 0.717) is 6.54 Å². The molecule has 6 nitrogen and oxygen atoms in total. The fourth-order valence-corrected chi connectivity index (χ4v) is 3.08. The summed E-state index contributed by atoms with van der Waals surface area (Å²) in [7, 11) is 0. The number of carboxylic acid groups (broad SMARTS) is 1. The van der Waals surface area contributed by atoms with Crippen LogP contribution in [0.15, 0.2) is 17.1 Å². The molecular formula is C16H17F2N3O3. The summed E-state index contributed by atoms with van der Waals surface area (Å²) in [6.45, 7) is 3.98. The highest BCUT2D eigenvalue weighted by molar-refractivity contribution is 5.94. The Labute approximate surface area is 136 Å². The summed E-state index contributed by atoms with van der Waals surface area (Å²) in [5.41, 5.74) is 4.03. The monoisotopic (exact) mass is 337 g/mol. The van der Waals surface area contributed by atoms with Gasteiger partial charge in [0.25, 0.3) is 0 Å². The molecule has 1 aromatic heterocycles. The van der Waals surface area contributed by atoms with E-state index in [-0.39, 0.29) is 35.2 Å². The molecule has 8 heteroatoms. The third kappa shape index (κ3) is 2.17. The predicted molar refractivity (Wildman–Crippen MR) is 85.5 cm³/mol. The second kappa shape index (κ2) is 5.55. The maximum atomic E-state index is 15.0. The summed E-state index contributed by atoms with van der Waals surface area (Å²) < 4.78 is 30.8. The molecule has 1 saturated heterocycles. The summed E-state index contributed by atoms with van der Waals surface area (Å²) in [5.74, 6) is -3.21. The van der Waals surface area contributed by atoms with Crippen molar-refractivity contribution in [1.82, 2.24) is 4.57 Å². The minimum atomic E-state index is -1.43. The molecule has 0 unspecified atom stereocenters. The fraction of sp³-hybridized carbons (Fsp3) is 0.375. The Morgan fingerprint density at radius 3 is 2.62 bits per heavy atom.